The quantitative estimate of drug-likeness (QED) is 0.761. The molecule has 2 nitrogen and oxygen atoms in total. The summed E-state index contributed by atoms with van der Waals surface area (Å²) in [6, 6.07) is 9.78. The lowest BCUT2D eigenvalue weighted by Crippen LogP contribution is -2.05. The van der Waals surface area contributed by atoms with Gasteiger partial charge in [-0.3, -0.25) is 4.79 Å². The minimum absolute atomic E-state index is 0.188. The van der Waals surface area contributed by atoms with E-state index in [1.165, 1.54) is 0 Å². The molecule has 0 atom stereocenters. The first kappa shape index (κ1) is 13.0. The molecule has 0 N–H and O–H groups in total. The SMILES string of the molecule is Cc1ccc(C)c(C(=O)CSCc2ccco2)c1. The summed E-state index contributed by atoms with van der Waals surface area (Å²) in [4.78, 5) is 12.1. The van der Waals surface area contributed by atoms with Crippen LogP contribution in [0, 0.1) is 13.8 Å². The maximum atomic E-state index is 12.1. The lowest BCUT2D eigenvalue weighted by Gasteiger charge is -2.05. The second-order valence-electron chi connectivity index (χ2n) is 4.31. The molecule has 0 radical (unpaired) electrons. The van der Waals surface area contributed by atoms with Crippen molar-refractivity contribution in [1.82, 2.24) is 0 Å². The molecule has 2 rings (SSSR count). The smallest absolute Gasteiger partial charge is 0.173 e. The summed E-state index contributed by atoms with van der Waals surface area (Å²) in [5.74, 6) is 2.33. The molecule has 94 valence electrons. The monoisotopic (exact) mass is 260 g/mol. The number of ketones is 1. The number of rotatable bonds is 5. The van der Waals surface area contributed by atoms with Gasteiger partial charge < -0.3 is 4.42 Å². The summed E-state index contributed by atoms with van der Waals surface area (Å²) in [6.45, 7) is 3.98. The van der Waals surface area contributed by atoms with Crippen molar-refractivity contribution in [3.63, 3.8) is 0 Å². The lowest BCUT2D eigenvalue weighted by atomic mass is 10.0. The highest BCUT2D eigenvalue weighted by atomic mass is 32.2. The predicted molar refractivity (Wildman–Crippen MR) is 75.1 cm³/mol. The molecule has 0 spiro atoms. The molecule has 18 heavy (non-hydrogen) atoms. The highest BCUT2D eigenvalue weighted by molar-refractivity contribution is 7.99. The van der Waals surface area contributed by atoms with E-state index >= 15 is 0 Å². The molecular weight excluding hydrogens is 244 g/mol. The molecule has 1 aromatic heterocycles. The Morgan fingerprint density at radius 3 is 2.83 bits per heavy atom. The minimum Gasteiger partial charge on any atom is -0.468 e. The average molecular weight is 260 g/mol. The Labute approximate surface area is 111 Å². The van der Waals surface area contributed by atoms with Gasteiger partial charge in [0.2, 0.25) is 0 Å². The van der Waals surface area contributed by atoms with Crippen LogP contribution in [0.2, 0.25) is 0 Å². The second kappa shape index (κ2) is 5.91. The Morgan fingerprint density at radius 1 is 1.28 bits per heavy atom. The summed E-state index contributed by atoms with van der Waals surface area (Å²) >= 11 is 1.59. The number of Topliss-reactive ketones (excluding diaryl/α,β-unsaturated/α-hetero) is 1. The van der Waals surface area contributed by atoms with Crippen LogP contribution in [0.3, 0.4) is 0 Å². The van der Waals surface area contributed by atoms with Crippen molar-refractivity contribution in [3.8, 4) is 0 Å². The maximum absolute atomic E-state index is 12.1. The van der Waals surface area contributed by atoms with Crippen molar-refractivity contribution in [3.05, 3.63) is 59.0 Å². The number of carbonyl (C=O) groups is 1. The molecule has 1 heterocycles. The summed E-state index contributed by atoms with van der Waals surface area (Å²) in [7, 11) is 0. The van der Waals surface area contributed by atoms with Crippen LogP contribution in [0.25, 0.3) is 0 Å². The molecule has 2 aromatic rings. The van der Waals surface area contributed by atoms with Crippen molar-refractivity contribution in [2.24, 2.45) is 0 Å². The Morgan fingerprint density at radius 2 is 2.11 bits per heavy atom. The van der Waals surface area contributed by atoms with E-state index in [0.717, 1.165) is 28.2 Å². The standard InChI is InChI=1S/C15H16O2S/c1-11-5-6-12(2)14(8-11)15(16)10-18-9-13-4-3-7-17-13/h3-8H,9-10H2,1-2H3. The van der Waals surface area contributed by atoms with Crippen molar-refractivity contribution in [1.29, 1.82) is 0 Å². The van der Waals surface area contributed by atoms with Crippen LogP contribution in [-0.2, 0) is 5.75 Å². The van der Waals surface area contributed by atoms with Crippen LogP contribution in [0.4, 0.5) is 0 Å². The van der Waals surface area contributed by atoms with Crippen LogP contribution < -0.4 is 0 Å². The summed E-state index contributed by atoms with van der Waals surface area (Å²) in [5, 5.41) is 0. The number of hydrogen-bond acceptors (Lipinski definition) is 3. The molecular formula is C15H16O2S. The predicted octanol–water partition coefficient (Wildman–Crippen LogP) is 4.01. The van der Waals surface area contributed by atoms with Gasteiger partial charge in [-0.25, -0.2) is 0 Å². The Kier molecular flexibility index (Phi) is 4.26. The van der Waals surface area contributed by atoms with E-state index < -0.39 is 0 Å². The van der Waals surface area contributed by atoms with Gasteiger partial charge in [-0.1, -0.05) is 17.7 Å². The lowest BCUT2D eigenvalue weighted by molar-refractivity contribution is 0.102. The van der Waals surface area contributed by atoms with E-state index in [9.17, 15) is 4.79 Å². The topological polar surface area (TPSA) is 30.2 Å². The number of benzene rings is 1. The zero-order valence-corrected chi connectivity index (χ0v) is 11.4. The van der Waals surface area contributed by atoms with E-state index in [0.29, 0.717) is 5.75 Å². The molecule has 0 saturated heterocycles. The fraction of sp³-hybridized carbons (Fsp3) is 0.267. The van der Waals surface area contributed by atoms with Crippen molar-refractivity contribution < 1.29 is 9.21 Å². The fourth-order valence-electron chi connectivity index (χ4n) is 1.75. The van der Waals surface area contributed by atoms with Gasteiger partial charge in [0.15, 0.2) is 5.78 Å². The maximum Gasteiger partial charge on any atom is 0.173 e. The Balaban J connectivity index is 1.93. The van der Waals surface area contributed by atoms with Crippen LogP contribution in [0.5, 0.6) is 0 Å². The molecule has 3 heteroatoms. The molecule has 0 unspecified atom stereocenters. The third kappa shape index (κ3) is 3.26. The minimum atomic E-state index is 0.188. The van der Waals surface area contributed by atoms with Gasteiger partial charge in [0, 0.05) is 5.56 Å². The van der Waals surface area contributed by atoms with Gasteiger partial charge in [0.1, 0.15) is 5.76 Å². The van der Waals surface area contributed by atoms with Crippen molar-refractivity contribution >= 4 is 17.5 Å². The van der Waals surface area contributed by atoms with Crippen LogP contribution >= 0.6 is 11.8 Å². The third-order valence-electron chi connectivity index (χ3n) is 2.75. The van der Waals surface area contributed by atoms with E-state index in [2.05, 4.69) is 0 Å². The molecule has 0 amide bonds. The Hall–Kier alpha value is -1.48. The highest BCUT2D eigenvalue weighted by Gasteiger charge is 2.09. The normalized spacial score (nSPS) is 10.6. The van der Waals surface area contributed by atoms with Gasteiger partial charge >= 0.3 is 0 Å². The molecule has 0 bridgehead atoms. The van der Waals surface area contributed by atoms with E-state index in [1.54, 1.807) is 18.0 Å². The van der Waals surface area contributed by atoms with Crippen LogP contribution in [0.15, 0.2) is 41.0 Å². The van der Waals surface area contributed by atoms with Gasteiger partial charge in [-0.15, -0.1) is 11.8 Å². The van der Waals surface area contributed by atoms with Gasteiger partial charge in [-0.2, -0.15) is 0 Å². The second-order valence-corrected chi connectivity index (χ2v) is 5.30. The molecule has 0 aliphatic heterocycles. The van der Waals surface area contributed by atoms with Gasteiger partial charge in [-0.05, 0) is 37.6 Å². The number of thioether (sulfide) groups is 1. The molecule has 1 aromatic carbocycles. The van der Waals surface area contributed by atoms with Crippen molar-refractivity contribution in [2.75, 3.05) is 5.75 Å². The van der Waals surface area contributed by atoms with E-state index in [4.69, 9.17) is 4.42 Å². The van der Waals surface area contributed by atoms with E-state index in [1.807, 2.05) is 44.2 Å². The van der Waals surface area contributed by atoms with E-state index in [-0.39, 0.29) is 5.78 Å². The van der Waals surface area contributed by atoms with Crippen LogP contribution in [-0.4, -0.2) is 11.5 Å². The first-order chi connectivity index (χ1) is 8.66. The third-order valence-corrected chi connectivity index (χ3v) is 3.71. The number of aryl methyl sites for hydroxylation is 2. The number of hydrogen-bond donors (Lipinski definition) is 0. The van der Waals surface area contributed by atoms with Crippen LogP contribution in [0.1, 0.15) is 27.2 Å². The summed E-state index contributed by atoms with van der Waals surface area (Å²) in [6.07, 6.45) is 1.66. The zero-order chi connectivity index (χ0) is 13.0. The van der Waals surface area contributed by atoms with Crippen molar-refractivity contribution in [2.45, 2.75) is 19.6 Å². The van der Waals surface area contributed by atoms with Gasteiger partial charge in [0.25, 0.3) is 0 Å². The first-order valence-electron chi connectivity index (χ1n) is 5.87. The first-order valence-corrected chi connectivity index (χ1v) is 7.03. The molecule has 0 aliphatic rings. The molecule has 0 saturated carbocycles. The molecule has 0 fully saturated rings. The average Bonchev–Trinajstić information content (AvgIpc) is 2.85. The number of carbonyl (C=O) groups excluding carboxylic acids is 1. The summed E-state index contributed by atoms with van der Waals surface area (Å²) in [5.41, 5.74) is 3.01. The summed E-state index contributed by atoms with van der Waals surface area (Å²) < 4.78 is 5.23. The van der Waals surface area contributed by atoms with Gasteiger partial charge in [0.05, 0.1) is 17.8 Å². The number of furan rings is 1. The zero-order valence-electron chi connectivity index (χ0n) is 10.6. The fourth-order valence-corrected chi connectivity index (χ4v) is 2.56. The highest BCUT2D eigenvalue weighted by Crippen LogP contribution is 2.17. The molecule has 0 aliphatic carbocycles. The largest absolute Gasteiger partial charge is 0.468 e. The Bertz CT molecular complexity index is 529.